The standard InChI is InChI=1S/C39H61NO4/c1-34(2)18-12-19-39(8,44-34)26-15-21-38(7)32(26)28(41)24-30-36(5)20-17-31(35(3,4)29(36)16-22-37(30,38)6)43-33(42)27(40)23-25-13-10-9-11-14-25/h9-11,13-14,26-32,41H,12,15-24,40H2,1-8H3/t26-,27?,28+,29-,30+,31-,32-,36-,37+,38+,39+/m0/s1. The third-order valence-electron chi connectivity index (χ3n) is 14.9. The number of rotatable bonds is 5. The molecule has 0 radical (unpaired) electrons. The molecule has 0 bridgehead atoms. The van der Waals surface area contributed by atoms with Crippen LogP contribution in [0.25, 0.3) is 0 Å². The number of aliphatic hydroxyl groups excluding tert-OH is 1. The molecule has 1 aliphatic heterocycles. The summed E-state index contributed by atoms with van der Waals surface area (Å²) in [6, 6.07) is 9.32. The molecule has 0 amide bonds. The molecule has 11 atom stereocenters. The van der Waals surface area contributed by atoms with Crippen LogP contribution in [0.1, 0.15) is 125 Å². The number of hydrogen-bond donors (Lipinski definition) is 2. The average molecular weight is 608 g/mol. The molecule has 5 nitrogen and oxygen atoms in total. The van der Waals surface area contributed by atoms with Crippen molar-refractivity contribution in [1.82, 2.24) is 0 Å². The number of ether oxygens (including phenoxy) is 2. The van der Waals surface area contributed by atoms with Crippen molar-refractivity contribution in [1.29, 1.82) is 0 Å². The first-order valence-electron chi connectivity index (χ1n) is 17.9. The summed E-state index contributed by atoms with van der Waals surface area (Å²) in [6.07, 6.45) is 10.9. The highest BCUT2D eigenvalue weighted by atomic mass is 16.5. The molecule has 3 N–H and O–H groups in total. The van der Waals surface area contributed by atoms with Crippen LogP contribution in [0.5, 0.6) is 0 Å². The summed E-state index contributed by atoms with van der Waals surface area (Å²) >= 11 is 0. The zero-order valence-electron chi connectivity index (χ0n) is 29.0. The molecule has 1 heterocycles. The van der Waals surface area contributed by atoms with E-state index in [1.807, 2.05) is 30.3 Å². The van der Waals surface area contributed by atoms with Crippen LogP contribution < -0.4 is 5.73 Å². The van der Waals surface area contributed by atoms with E-state index in [1.165, 1.54) is 19.3 Å². The molecule has 44 heavy (non-hydrogen) atoms. The second-order valence-electron chi connectivity index (χ2n) is 18.1. The Morgan fingerprint density at radius 1 is 0.909 bits per heavy atom. The predicted molar refractivity (Wildman–Crippen MR) is 176 cm³/mol. The van der Waals surface area contributed by atoms with Gasteiger partial charge in [-0.15, -0.1) is 0 Å². The molecule has 1 unspecified atom stereocenters. The van der Waals surface area contributed by atoms with E-state index >= 15 is 0 Å². The fraction of sp³-hybridized carbons (Fsp3) is 0.821. The smallest absolute Gasteiger partial charge is 0.323 e. The summed E-state index contributed by atoms with van der Waals surface area (Å²) in [6.45, 7) is 19.2. The molecule has 1 aromatic rings. The molecule has 4 saturated carbocycles. The summed E-state index contributed by atoms with van der Waals surface area (Å²) in [4.78, 5) is 13.3. The van der Waals surface area contributed by atoms with E-state index in [0.717, 1.165) is 50.5 Å². The SMILES string of the molecule is CC1(C)CCC[C@](C)([C@H]2CC[C@]3(C)[C@@H]2[C@H](O)C[C@@H]2[C@@]4(C)CC[C@H](OC(=O)C(N)Cc5ccccc5)C(C)(C)[C@@H]4CC[C@]23C)O1. The minimum atomic E-state index is -0.655. The number of aliphatic hydroxyl groups is 1. The van der Waals surface area contributed by atoms with Crippen molar-refractivity contribution in [3.05, 3.63) is 35.9 Å². The number of carbonyl (C=O) groups excluding carboxylic acids is 1. The highest BCUT2D eigenvalue weighted by Gasteiger charge is 2.72. The van der Waals surface area contributed by atoms with Gasteiger partial charge in [-0.25, -0.2) is 0 Å². The minimum absolute atomic E-state index is 0.0829. The van der Waals surface area contributed by atoms with Crippen LogP contribution in [0.3, 0.4) is 0 Å². The van der Waals surface area contributed by atoms with E-state index in [-0.39, 0.29) is 57.0 Å². The van der Waals surface area contributed by atoms with Gasteiger partial charge in [-0.2, -0.15) is 0 Å². The van der Waals surface area contributed by atoms with Crippen molar-refractivity contribution >= 4 is 5.97 Å². The molecule has 0 spiro atoms. The maximum atomic E-state index is 13.3. The highest BCUT2D eigenvalue weighted by molar-refractivity contribution is 5.76. The number of carbonyl (C=O) groups is 1. The van der Waals surface area contributed by atoms with Gasteiger partial charge >= 0.3 is 5.97 Å². The molecule has 246 valence electrons. The molecule has 1 saturated heterocycles. The van der Waals surface area contributed by atoms with Crippen LogP contribution in [0.15, 0.2) is 30.3 Å². The monoisotopic (exact) mass is 607 g/mol. The van der Waals surface area contributed by atoms with Gasteiger partial charge in [0.15, 0.2) is 0 Å². The lowest BCUT2D eigenvalue weighted by Gasteiger charge is -2.70. The maximum absolute atomic E-state index is 13.3. The van der Waals surface area contributed by atoms with Crippen LogP contribution in [0, 0.1) is 45.3 Å². The van der Waals surface area contributed by atoms with Crippen LogP contribution in [-0.2, 0) is 20.7 Å². The quantitative estimate of drug-likeness (QED) is 0.333. The normalized spacial score (nSPS) is 46.7. The largest absolute Gasteiger partial charge is 0.461 e. The molecule has 1 aromatic carbocycles. The number of esters is 1. The summed E-state index contributed by atoms with van der Waals surface area (Å²) in [7, 11) is 0. The highest BCUT2D eigenvalue weighted by Crippen LogP contribution is 2.76. The van der Waals surface area contributed by atoms with Gasteiger partial charge in [-0.1, -0.05) is 65.0 Å². The Bertz CT molecular complexity index is 1230. The zero-order valence-corrected chi connectivity index (χ0v) is 29.0. The molecule has 5 fully saturated rings. The summed E-state index contributed by atoms with van der Waals surface area (Å²) in [5, 5.41) is 12.2. The summed E-state index contributed by atoms with van der Waals surface area (Å²) in [5.74, 6) is 1.26. The van der Waals surface area contributed by atoms with E-state index in [9.17, 15) is 9.90 Å². The molecule has 4 aliphatic carbocycles. The minimum Gasteiger partial charge on any atom is -0.461 e. The van der Waals surface area contributed by atoms with Gasteiger partial charge in [0.05, 0.1) is 17.3 Å². The first kappa shape index (κ1) is 32.5. The van der Waals surface area contributed by atoms with Gasteiger partial charge in [-0.3, -0.25) is 4.79 Å². The number of nitrogens with two attached hydrogens (primary N) is 1. The van der Waals surface area contributed by atoms with Gasteiger partial charge in [0.25, 0.3) is 0 Å². The third kappa shape index (κ3) is 4.93. The lowest BCUT2D eigenvalue weighted by Crippen LogP contribution is -2.67. The second-order valence-corrected chi connectivity index (χ2v) is 18.1. The summed E-state index contributed by atoms with van der Waals surface area (Å²) in [5.41, 5.74) is 7.35. The van der Waals surface area contributed by atoms with E-state index in [1.54, 1.807) is 0 Å². The Labute approximate surface area is 267 Å². The van der Waals surface area contributed by atoms with Crippen LogP contribution in [0.2, 0.25) is 0 Å². The number of hydrogen-bond acceptors (Lipinski definition) is 5. The van der Waals surface area contributed by atoms with Crippen molar-refractivity contribution in [2.45, 2.75) is 155 Å². The van der Waals surface area contributed by atoms with E-state index < -0.39 is 6.04 Å². The van der Waals surface area contributed by atoms with Crippen molar-refractivity contribution in [3.8, 4) is 0 Å². The first-order chi connectivity index (χ1) is 20.5. The van der Waals surface area contributed by atoms with Gasteiger partial charge in [-0.05, 0) is 137 Å². The lowest BCUT2D eigenvalue weighted by molar-refractivity contribution is -0.259. The molecule has 5 heteroatoms. The van der Waals surface area contributed by atoms with Crippen molar-refractivity contribution in [2.24, 2.45) is 51.1 Å². The summed E-state index contributed by atoms with van der Waals surface area (Å²) < 4.78 is 13.2. The van der Waals surface area contributed by atoms with Crippen LogP contribution >= 0.6 is 0 Å². The lowest BCUT2D eigenvalue weighted by atomic mass is 9.35. The maximum Gasteiger partial charge on any atom is 0.323 e. The van der Waals surface area contributed by atoms with Crippen molar-refractivity contribution in [3.63, 3.8) is 0 Å². The molecule has 5 aliphatic rings. The zero-order chi connectivity index (χ0) is 31.9. The van der Waals surface area contributed by atoms with Crippen LogP contribution in [-0.4, -0.2) is 40.5 Å². The van der Waals surface area contributed by atoms with E-state index in [2.05, 4.69) is 55.4 Å². The Hall–Kier alpha value is -1.43. The molecular weight excluding hydrogens is 546 g/mol. The Morgan fingerprint density at radius 2 is 1.59 bits per heavy atom. The van der Waals surface area contributed by atoms with Gasteiger partial charge < -0.3 is 20.3 Å². The van der Waals surface area contributed by atoms with Gasteiger partial charge in [0, 0.05) is 5.41 Å². The van der Waals surface area contributed by atoms with Crippen LogP contribution in [0.4, 0.5) is 0 Å². The van der Waals surface area contributed by atoms with Gasteiger partial charge in [0.1, 0.15) is 12.1 Å². The Balaban J connectivity index is 1.22. The van der Waals surface area contributed by atoms with E-state index in [0.29, 0.717) is 24.2 Å². The predicted octanol–water partition coefficient (Wildman–Crippen LogP) is 7.86. The molecule has 0 aromatic heterocycles. The second kappa shape index (κ2) is 10.8. The third-order valence-corrected chi connectivity index (χ3v) is 14.9. The van der Waals surface area contributed by atoms with E-state index in [4.69, 9.17) is 15.2 Å². The number of benzene rings is 1. The fourth-order valence-corrected chi connectivity index (χ4v) is 12.7. The average Bonchev–Trinajstić information content (AvgIpc) is 3.32. The van der Waals surface area contributed by atoms with Crippen molar-refractivity contribution in [2.75, 3.05) is 0 Å². The number of fused-ring (bicyclic) bond motifs is 5. The fourth-order valence-electron chi connectivity index (χ4n) is 12.7. The molecule has 6 rings (SSSR count). The Kier molecular flexibility index (Phi) is 7.98. The van der Waals surface area contributed by atoms with Gasteiger partial charge in [0.2, 0.25) is 0 Å². The first-order valence-corrected chi connectivity index (χ1v) is 17.9. The topological polar surface area (TPSA) is 81.8 Å². The van der Waals surface area contributed by atoms with Crippen molar-refractivity contribution < 1.29 is 19.4 Å². The molecular formula is C39H61NO4. The Morgan fingerprint density at radius 3 is 2.27 bits per heavy atom.